The van der Waals surface area contributed by atoms with E-state index in [1.165, 1.54) is 12.0 Å². The standard InChI is InChI=1S/C13H23NO6/c1-12(2,3)20-10(15)13(19-9-18-4)5-7-14(8-6-13)11(16)17/h5-9H2,1-4H3,(H,16,17). The van der Waals surface area contributed by atoms with Gasteiger partial charge in [-0.15, -0.1) is 0 Å². The zero-order chi connectivity index (χ0) is 15.4. The first-order valence-electron chi connectivity index (χ1n) is 6.54. The monoisotopic (exact) mass is 289 g/mol. The van der Waals surface area contributed by atoms with E-state index in [-0.39, 0.29) is 32.7 Å². The lowest BCUT2D eigenvalue weighted by Crippen LogP contribution is -2.54. The molecule has 0 radical (unpaired) electrons. The highest BCUT2D eigenvalue weighted by atomic mass is 16.7. The van der Waals surface area contributed by atoms with Gasteiger partial charge in [0.05, 0.1) is 0 Å². The lowest BCUT2D eigenvalue weighted by Gasteiger charge is -2.39. The van der Waals surface area contributed by atoms with Crippen molar-refractivity contribution >= 4 is 12.1 Å². The van der Waals surface area contributed by atoms with Crippen LogP contribution in [-0.4, -0.2) is 60.3 Å². The molecule has 0 unspecified atom stereocenters. The summed E-state index contributed by atoms with van der Waals surface area (Å²) in [6.07, 6.45) is -0.468. The van der Waals surface area contributed by atoms with Gasteiger partial charge in [-0.05, 0) is 20.8 Å². The van der Waals surface area contributed by atoms with E-state index in [4.69, 9.17) is 19.3 Å². The van der Waals surface area contributed by atoms with Crippen LogP contribution in [0.3, 0.4) is 0 Å². The first-order chi connectivity index (χ1) is 9.20. The molecular formula is C13H23NO6. The summed E-state index contributed by atoms with van der Waals surface area (Å²) in [6.45, 7) is 5.77. The lowest BCUT2D eigenvalue weighted by atomic mass is 9.91. The van der Waals surface area contributed by atoms with E-state index in [9.17, 15) is 9.59 Å². The summed E-state index contributed by atoms with van der Waals surface area (Å²) >= 11 is 0. The molecule has 1 aliphatic rings. The van der Waals surface area contributed by atoms with Crippen LogP contribution < -0.4 is 0 Å². The average Bonchev–Trinajstić information content (AvgIpc) is 2.34. The van der Waals surface area contributed by atoms with Crippen molar-refractivity contribution < 1.29 is 28.9 Å². The second-order valence-corrected chi connectivity index (χ2v) is 5.82. The number of piperidine rings is 1. The van der Waals surface area contributed by atoms with E-state index in [1.807, 2.05) is 0 Å². The highest BCUT2D eigenvalue weighted by molar-refractivity contribution is 5.80. The van der Waals surface area contributed by atoms with E-state index in [1.54, 1.807) is 20.8 Å². The number of rotatable bonds is 4. The largest absolute Gasteiger partial charge is 0.465 e. The predicted molar refractivity (Wildman–Crippen MR) is 70.4 cm³/mol. The maximum atomic E-state index is 12.3. The second-order valence-electron chi connectivity index (χ2n) is 5.82. The van der Waals surface area contributed by atoms with Crippen LogP contribution in [0.25, 0.3) is 0 Å². The van der Waals surface area contributed by atoms with Gasteiger partial charge in [0.1, 0.15) is 12.4 Å². The van der Waals surface area contributed by atoms with Crippen LogP contribution in [0.4, 0.5) is 4.79 Å². The van der Waals surface area contributed by atoms with Gasteiger partial charge in [-0.1, -0.05) is 0 Å². The molecule has 0 aromatic carbocycles. The molecule has 0 aliphatic carbocycles. The van der Waals surface area contributed by atoms with Crippen LogP contribution in [0.5, 0.6) is 0 Å². The van der Waals surface area contributed by atoms with E-state index in [0.717, 1.165) is 0 Å². The van der Waals surface area contributed by atoms with E-state index in [0.29, 0.717) is 0 Å². The fraction of sp³-hybridized carbons (Fsp3) is 0.846. The number of carbonyl (C=O) groups excluding carboxylic acids is 1. The first-order valence-corrected chi connectivity index (χ1v) is 6.54. The smallest absolute Gasteiger partial charge is 0.407 e. The van der Waals surface area contributed by atoms with E-state index >= 15 is 0 Å². The van der Waals surface area contributed by atoms with Crippen molar-refractivity contribution in [2.75, 3.05) is 27.0 Å². The van der Waals surface area contributed by atoms with Crippen molar-refractivity contribution in [2.45, 2.75) is 44.8 Å². The van der Waals surface area contributed by atoms with Gasteiger partial charge >= 0.3 is 12.1 Å². The number of hydrogen-bond acceptors (Lipinski definition) is 5. The van der Waals surface area contributed by atoms with Gasteiger partial charge in [-0.2, -0.15) is 0 Å². The van der Waals surface area contributed by atoms with Gasteiger partial charge < -0.3 is 24.2 Å². The van der Waals surface area contributed by atoms with Crippen LogP contribution in [-0.2, 0) is 19.0 Å². The molecule has 1 amide bonds. The van der Waals surface area contributed by atoms with Crippen molar-refractivity contribution in [3.8, 4) is 0 Å². The molecular weight excluding hydrogens is 266 g/mol. The molecule has 0 saturated carbocycles. The van der Waals surface area contributed by atoms with Crippen molar-refractivity contribution in [2.24, 2.45) is 0 Å². The van der Waals surface area contributed by atoms with Gasteiger partial charge in [-0.3, -0.25) is 0 Å². The lowest BCUT2D eigenvalue weighted by molar-refractivity contribution is -0.204. The number of esters is 1. The summed E-state index contributed by atoms with van der Waals surface area (Å²) in [5.41, 5.74) is -1.75. The molecule has 1 heterocycles. The molecule has 1 N–H and O–H groups in total. The number of carbonyl (C=O) groups is 2. The second kappa shape index (κ2) is 6.41. The molecule has 0 spiro atoms. The minimum Gasteiger partial charge on any atom is -0.465 e. The quantitative estimate of drug-likeness (QED) is 0.623. The summed E-state index contributed by atoms with van der Waals surface area (Å²) in [4.78, 5) is 24.5. The molecule has 0 aromatic rings. The van der Waals surface area contributed by atoms with Gasteiger partial charge in [-0.25, -0.2) is 9.59 Å². The number of nitrogens with zero attached hydrogens (tertiary/aromatic N) is 1. The number of likely N-dealkylation sites (tertiary alicyclic amines) is 1. The van der Waals surface area contributed by atoms with Crippen molar-refractivity contribution in [1.82, 2.24) is 4.90 Å². The summed E-state index contributed by atoms with van der Waals surface area (Å²) in [5, 5.41) is 8.95. The van der Waals surface area contributed by atoms with Gasteiger partial charge in [0.2, 0.25) is 0 Å². The first kappa shape index (κ1) is 16.7. The molecule has 20 heavy (non-hydrogen) atoms. The Balaban J connectivity index is 2.78. The fourth-order valence-electron chi connectivity index (χ4n) is 2.01. The van der Waals surface area contributed by atoms with Crippen LogP contribution in [0.2, 0.25) is 0 Å². The van der Waals surface area contributed by atoms with Gasteiger partial charge in [0.15, 0.2) is 5.60 Å². The van der Waals surface area contributed by atoms with Gasteiger partial charge in [0, 0.05) is 33.0 Å². The Labute approximate surface area is 118 Å². The number of ether oxygens (including phenoxy) is 3. The minimum absolute atomic E-state index is 0.0354. The molecule has 1 rings (SSSR count). The third-order valence-electron chi connectivity index (χ3n) is 3.07. The maximum Gasteiger partial charge on any atom is 0.407 e. The van der Waals surface area contributed by atoms with Crippen molar-refractivity contribution in [1.29, 1.82) is 0 Å². The molecule has 1 aliphatic heterocycles. The van der Waals surface area contributed by atoms with Gasteiger partial charge in [0.25, 0.3) is 0 Å². The third-order valence-corrected chi connectivity index (χ3v) is 3.07. The maximum absolute atomic E-state index is 12.3. The Hall–Kier alpha value is -1.34. The molecule has 116 valence electrons. The van der Waals surface area contributed by atoms with E-state index in [2.05, 4.69) is 0 Å². The van der Waals surface area contributed by atoms with Crippen LogP contribution in [0.1, 0.15) is 33.6 Å². The minimum atomic E-state index is -1.13. The highest BCUT2D eigenvalue weighted by Gasteiger charge is 2.46. The molecule has 7 nitrogen and oxygen atoms in total. The topological polar surface area (TPSA) is 85.3 Å². The fourth-order valence-corrected chi connectivity index (χ4v) is 2.01. The Bertz CT molecular complexity index is 354. The third kappa shape index (κ3) is 4.35. The zero-order valence-corrected chi connectivity index (χ0v) is 12.5. The Morgan fingerprint density at radius 2 is 1.80 bits per heavy atom. The summed E-state index contributed by atoms with van der Waals surface area (Å²) in [7, 11) is 1.47. The highest BCUT2D eigenvalue weighted by Crippen LogP contribution is 2.30. The zero-order valence-electron chi connectivity index (χ0n) is 12.5. The Kier molecular flexibility index (Phi) is 5.35. The molecule has 0 aromatic heterocycles. The number of methoxy groups -OCH3 is 1. The molecule has 0 atom stereocenters. The van der Waals surface area contributed by atoms with Crippen LogP contribution in [0.15, 0.2) is 0 Å². The normalized spacial score (nSPS) is 18.7. The summed E-state index contributed by atoms with van der Waals surface area (Å²) in [5.74, 6) is -0.466. The molecule has 7 heteroatoms. The van der Waals surface area contributed by atoms with Crippen molar-refractivity contribution in [3.63, 3.8) is 0 Å². The number of carboxylic acid groups (broad SMARTS) is 1. The number of hydrogen-bond donors (Lipinski definition) is 1. The summed E-state index contributed by atoms with van der Waals surface area (Å²) < 4.78 is 15.8. The Morgan fingerprint density at radius 1 is 1.25 bits per heavy atom. The molecule has 0 bridgehead atoms. The SMILES string of the molecule is COCOC1(C(=O)OC(C)(C)C)CCN(C(=O)O)CC1. The summed E-state index contributed by atoms with van der Waals surface area (Å²) in [6, 6.07) is 0. The molecule has 1 fully saturated rings. The van der Waals surface area contributed by atoms with Crippen molar-refractivity contribution in [3.05, 3.63) is 0 Å². The average molecular weight is 289 g/mol. The van der Waals surface area contributed by atoms with E-state index < -0.39 is 23.3 Å². The number of amides is 1. The predicted octanol–water partition coefficient (Wildman–Crippen LogP) is 1.46. The van der Waals surface area contributed by atoms with Crippen LogP contribution >= 0.6 is 0 Å². The molecule has 1 saturated heterocycles. The van der Waals surface area contributed by atoms with Crippen LogP contribution in [0, 0.1) is 0 Å². The Morgan fingerprint density at radius 3 is 2.20 bits per heavy atom.